The van der Waals surface area contributed by atoms with Crippen LogP contribution in [-0.2, 0) is 11.3 Å². The maximum absolute atomic E-state index is 13.2. The smallest absolute Gasteiger partial charge is 0.276 e. The number of carbonyl (C=O) groups is 2. The lowest BCUT2D eigenvalue weighted by Gasteiger charge is -2.39. The summed E-state index contributed by atoms with van der Waals surface area (Å²) in [5, 5.41) is 0. The molecular weight excluding hydrogens is 349 g/mol. The van der Waals surface area contributed by atoms with E-state index in [9.17, 15) is 14.0 Å². The maximum atomic E-state index is 13.2. The zero-order chi connectivity index (χ0) is 19.0. The summed E-state index contributed by atoms with van der Waals surface area (Å²) in [5.41, 5.74) is 0.704. The molecule has 1 aromatic carbocycles. The van der Waals surface area contributed by atoms with Crippen molar-refractivity contribution in [3.05, 3.63) is 53.5 Å². The van der Waals surface area contributed by atoms with E-state index in [1.165, 1.54) is 18.5 Å². The predicted molar refractivity (Wildman–Crippen MR) is 95.2 cm³/mol. The number of aromatic nitrogens is 1. The third-order valence-electron chi connectivity index (χ3n) is 5.70. The van der Waals surface area contributed by atoms with E-state index >= 15 is 0 Å². The number of rotatable bonds is 3. The van der Waals surface area contributed by atoms with Crippen LogP contribution in [0.4, 0.5) is 4.39 Å². The summed E-state index contributed by atoms with van der Waals surface area (Å²) in [4.78, 5) is 33.5. The quantitative estimate of drug-likeness (QED) is 0.832. The minimum absolute atomic E-state index is 0.0882. The van der Waals surface area contributed by atoms with E-state index < -0.39 is 5.41 Å². The lowest BCUT2D eigenvalue weighted by atomic mass is 9.78. The van der Waals surface area contributed by atoms with Crippen molar-refractivity contribution < 1.29 is 18.4 Å². The van der Waals surface area contributed by atoms with Crippen LogP contribution >= 0.6 is 0 Å². The zero-order valence-corrected chi connectivity index (χ0v) is 15.3. The molecule has 2 aliphatic heterocycles. The van der Waals surface area contributed by atoms with Crippen LogP contribution < -0.4 is 0 Å². The molecule has 2 amide bonds. The van der Waals surface area contributed by atoms with E-state index in [1.807, 2.05) is 4.90 Å². The molecule has 0 N–H and O–H groups in total. The van der Waals surface area contributed by atoms with Crippen LogP contribution in [0.5, 0.6) is 0 Å². The van der Waals surface area contributed by atoms with Crippen molar-refractivity contribution in [2.24, 2.45) is 5.41 Å². The molecule has 0 bridgehead atoms. The van der Waals surface area contributed by atoms with Gasteiger partial charge in [0.2, 0.25) is 5.91 Å². The Balaban J connectivity index is 1.48. The first kappa shape index (κ1) is 17.7. The fraction of sp³-hybridized carbons (Fsp3) is 0.450. The molecule has 2 aromatic rings. The second-order valence-corrected chi connectivity index (χ2v) is 7.47. The minimum atomic E-state index is -0.522. The molecular formula is C20H22FN3O3. The van der Waals surface area contributed by atoms with Crippen LogP contribution in [0.25, 0.3) is 0 Å². The van der Waals surface area contributed by atoms with Gasteiger partial charge in [0, 0.05) is 26.2 Å². The van der Waals surface area contributed by atoms with Gasteiger partial charge in [-0.1, -0.05) is 12.1 Å². The van der Waals surface area contributed by atoms with Crippen molar-refractivity contribution in [1.82, 2.24) is 14.8 Å². The summed E-state index contributed by atoms with van der Waals surface area (Å²) in [6, 6.07) is 6.24. The third-order valence-corrected chi connectivity index (χ3v) is 5.70. The van der Waals surface area contributed by atoms with E-state index in [0.717, 1.165) is 18.4 Å². The molecule has 27 heavy (non-hydrogen) atoms. The lowest BCUT2D eigenvalue weighted by Crippen LogP contribution is -2.50. The Morgan fingerprint density at radius 3 is 2.74 bits per heavy atom. The van der Waals surface area contributed by atoms with Crippen LogP contribution in [-0.4, -0.2) is 46.2 Å². The van der Waals surface area contributed by atoms with Gasteiger partial charge in [0.05, 0.1) is 5.41 Å². The molecule has 0 radical (unpaired) electrons. The Hall–Kier alpha value is -2.70. The van der Waals surface area contributed by atoms with Crippen LogP contribution in [0, 0.1) is 18.2 Å². The number of carbonyl (C=O) groups excluding carboxylic acids is 2. The van der Waals surface area contributed by atoms with Crippen molar-refractivity contribution in [2.75, 3.05) is 19.6 Å². The van der Waals surface area contributed by atoms with Gasteiger partial charge in [-0.2, -0.15) is 0 Å². The van der Waals surface area contributed by atoms with Crippen LogP contribution in [0.3, 0.4) is 0 Å². The first-order valence-corrected chi connectivity index (χ1v) is 9.22. The molecule has 1 aromatic heterocycles. The summed E-state index contributed by atoms with van der Waals surface area (Å²) < 4.78 is 18.3. The summed E-state index contributed by atoms with van der Waals surface area (Å²) >= 11 is 0. The molecule has 7 heteroatoms. The van der Waals surface area contributed by atoms with Gasteiger partial charge in [-0.05, 0) is 43.9 Å². The molecule has 0 unspecified atom stereocenters. The van der Waals surface area contributed by atoms with E-state index in [1.54, 1.807) is 24.0 Å². The number of hydrogen-bond acceptors (Lipinski definition) is 4. The van der Waals surface area contributed by atoms with Crippen LogP contribution in [0.2, 0.25) is 0 Å². The second-order valence-electron chi connectivity index (χ2n) is 7.47. The largest absolute Gasteiger partial charge is 0.448 e. The number of oxazole rings is 1. The third kappa shape index (κ3) is 3.22. The molecule has 6 nitrogen and oxygen atoms in total. The molecule has 2 saturated heterocycles. The monoisotopic (exact) mass is 371 g/mol. The van der Waals surface area contributed by atoms with Crippen molar-refractivity contribution >= 4 is 11.8 Å². The molecule has 2 fully saturated rings. The average Bonchev–Trinajstić information content (AvgIpc) is 3.28. The normalized spacial score (nSPS) is 22.7. The van der Waals surface area contributed by atoms with E-state index in [0.29, 0.717) is 44.1 Å². The minimum Gasteiger partial charge on any atom is -0.448 e. The van der Waals surface area contributed by atoms with Crippen molar-refractivity contribution in [3.63, 3.8) is 0 Å². The van der Waals surface area contributed by atoms with Crippen LogP contribution in [0.15, 0.2) is 35.1 Å². The Morgan fingerprint density at radius 2 is 2.04 bits per heavy atom. The van der Waals surface area contributed by atoms with Gasteiger partial charge in [-0.25, -0.2) is 9.37 Å². The molecule has 142 valence electrons. The SMILES string of the molecule is Cc1ocnc1C(=O)N1CC[C@@]2(CCCN(Cc3ccc(F)cc3)C2=O)C1. The van der Waals surface area contributed by atoms with Gasteiger partial charge in [-0.15, -0.1) is 0 Å². The van der Waals surface area contributed by atoms with Crippen molar-refractivity contribution in [3.8, 4) is 0 Å². The summed E-state index contributed by atoms with van der Waals surface area (Å²) in [5.74, 6) is 0.119. The van der Waals surface area contributed by atoms with Gasteiger partial charge in [0.25, 0.3) is 5.91 Å². The number of aryl methyl sites for hydroxylation is 1. The molecule has 0 aliphatic carbocycles. The highest BCUT2D eigenvalue weighted by Gasteiger charge is 2.49. The van der Waals surface area contributed by atoms with Gasteiger partial charge in [0.1, 0.15) is 11.6 Å². The standard InChI is InChI=1S/C20H22FN3O3/c1-14-17(22-13-27-14)18(25)24-10-8-20(12-24)7-2-9-23(19(20)26)11-15-3-5-16(21)6-4-15/h3-6,13H,2,7-12H2,1H3/t20-/m0/s1. The number of piperidine rings is 1. The van der Waals surface area contributed by atoms with Gasteiger partial charge in [0.15, 0.2) is 12.1 Å². The Bertz CT molecular complexity index is 864. The first-order valence-electron chi connectivity index (χ1n) is 9.22. The molecule has 2 aliphatic rings. The first-order chi connectivity index (χ1) is 13.0. The average molecular weight is 371 g/mol. The van der Waals surface area contributed by atoms with Crippen molar-refractivity contribution in [1.29, 1.82) is 0 Å². The Morgan fingerprint density at radius 1 is 1.26 bits per heavy atom. The fourth-order valence-corrected chi connectivity index (χ4v) is 4.20. The number of halogens is 1. The van der Waals surface area contributed by atoms with E-state index in [2.05, 4.69) is 4.98 Å². The van der Waals surface area contributed by atoms with E-state index in [4.69, 9.17) is 4.42 Å². The van der Waals surface area contributed by atoms with Gasteiger partial charge >= 0.3 is 0 Å². The maximum Gasteiger partial charge on any atom is 0.276 e. The topological polar surface area (TPSA) is 66.7 Å². The van der Waals surface area contributed by atoms with E-state index in [-0.39, 0.29) is 17.6 Å². The Kier molecular flexibility index (Phi) is 4.45. The Labute approximate surface area is 157 Å². The highest BCUT2D eigenvalue weighted by Crippen LogP contribution is 2.41. The predicted octanol–water partition coefficient (Wildman–Crippen LogP) is 2.78. The highest BCUT2D eigenvalue weighted by atomic mass is 19.1. The molecule has 4 rings (SSSR count). The summed E-state index contributed by atoms with van der Waals surface area (Å²) in [6.07, 6.45) is 3.62. The van der Waals surface area contributed by atoms with Crippen molar-refractivity contribution in [2.45, 2.75) is 32.7 Å². The van der Waals surface area contributed by atoms with Crippen LogP contribution in [0.1, 0.15) is 41.1 Å². The molecule has 1 spiro atoms. The summed E-state index contributed by atoms with van der Waals surface area (Å²) in [7, 11) is 0. The molecule has 1 atom stereocenters. The highest BCUT2D eigenvalue weighted by molar-refractivity contribution is 5.94. The second kappa shape index (κ2) is 6.79. The number of benzene rings is 1. The summed E-state index contributed by atoms with van der Waals surface area (Å²) in [6.45, 7) is 3.83. The molecule has 3 heterocycles. The fourth-order valence-electron chi connectivity index (χ4n) is 4.20. The lowest BCUT2D eigenvalue weighted by molar-refractivity contribution is -0.146. The number of nitrogens with zero attached hydrogens (tertiary/aromatic N) is 3. The van der Waals surface area contributed by atoms with Gasteiger partial charge < -0.3 is 14.2 Å². The van der Waals surface area contributed by atoms with Gasteiger partial charge in [-0.3, -0.25) is 9.59 Å². The number of likely N-dealkylation sites (tertiary alicyclic amines) is 2. The molecule has 0 saturated carbocycles. The number of hydrogen-bond donors (Lipinski definition) is 0. The zero-order valence-electron chi connectivity index (χ0n) is 15.3. The number of amides is 2.